The van der Waals surface area contributed by atoms with E-state index in [0.717, 1.165) is 23.1 Å². The molecule has 2 heterocycles. The van der Waals surface area contributed by atoms with Crippen LogP contribution in [0.15, 0.2) is 29.5 Å². The Labute approximate surface area is 208 Å². The Morgan fingerprint density at radius 3 is 2.46 bits per heavy atom. The second-order valence-corrected chi connectivity index (χ2v) is 9.06. The van der Waals surface area contributed by atoms with E-state index in [2.05, 4.69) is 15.5 Å². The summed E-state index contributed by atoms with van der Waals surface area (Å²) in [4.78, 5) is 44.5. The Morgan fingerprint density at radius 2 is 1.83 bits per heavy atom. The van der Waals surface area contributed by atoms with Gasteiger partial charge < -0.3 is 20.3 Å². The molecule has 35 heavy (non-hydrogen) atoms. The molecule has 9 heteroatoms. The molecule has 9 nitrogen and oxygen atoms in total. The third-order valence-electron chi connectivity index (χ3n) is 6.55. The lowest BCUT2D eigenvalue weighted by molar-refractivity contribution is -0.139. The topological polar surface area (TPSA) is 94.2 Å². The maximum Gasteiger partial charge on any atom is 0.338 e. The standard InChI is InChI=1S/C26H39N5O4/c1-6-11-27-25(33)30-14-12-29(13-15-30)17-21-22(24(32)35-8-3)23(28-26(34)31(21)7-2)20-16-18(4)9-10-19(20)5/h9-10,16,23H,6-8,11-15,17H2,1-5H3,(H,27,33)(H,28,34). The SMILES string of the molecule is CCCNC(=O)N1CCN(CC2=C(C(=O)OCC)C(c3cc(C)ccc3C)NC(=O)N2CC)CC1. The van der Waals surface area contributed by atoms with Crippen molar-refractivity contribution in [2.24, 2.45) is 0 Å². The van der Waals surface area contributed by atoms with Crippen molar-refractivity contribution in [1.29, 1.82) is 0 Å². The summed E-state index contributed by atoms with van der Waals surface area (Å²) >= 11 is 0. The van der Waals surface area contributed by atoms with E-state index in [1.807, 2.05) is 50.8 Å². The number of hydrogen-bond acceptors (Lipinski definition) is 5. The Morgan fingerprint density at radius 1 is 1.11 bits per heavy atom. The van der Waals surface area contributed by atoms with Crippen molar-refractivity contribution in [3.05, 3.63) is 46.2 Å². The summed E-state index contributed by atoms with van der Waals surface area (Å²) in [6.07, 6.45) is 0.896. The second-order valence-electron chi connectivity index (χ2n) is 9.06. The molecule has 1 unspecified atom stereocenters. The molecule has 192 valence electrons. The van der Waals surface area contributed by atoms with E-state index in [-0.39, 0.29) is 18.7 Å². The third-order valence-corrected chi connectivity index (χ3v) is 6.55. The van der Waals surface area contributed by atoms with Crippen LogP contribution in [0.5, 0.6) is 0 Å². The quantitative estimate of drug-likeness (QED) is 0.552. The molecular formula is C26H39N5O4. The van der Waals surface area contributed by atoms with Crippen LogP contribution in [-0.4, -0.2) is 85.2 Å². The zero-order valence-corrected chi connectivity index (χ0v) is 21.6. The monoisotopic (exact) mass is 485 g/mol. The van der Waals surface area contributed by atoms with Gasteiger partial charge in [-0.1, -0.05) is 30.7 Å². The minimum Gasteiger partial charge on any atom is -0.463 e. The molecule has 4 amide bonds. The molecule has 0 spiro atoms. The number of carbonyl (C=O) groups excluding carboxylic acids is 3. The Kier molecular flexibility index (Phi) is 9.14. The molecule has 0 bridgehead atoms. The first-order valence-corrected chi connectivity index (χ1v) is 12.6. The number of likely N-dealkylation sites (N-methyl/N-ethyl adjacent to an activating group) is 1. The number of aryl methyl sites for hydroxylation is 2. The van der Waals surface area contributed by atoms with E-state index < -0.39 is 12.0 Å². The van der Waals surface area contributed by atoms with Crippen LogP contribution < -0.4 is 10.6 Å². The lowest BCUT2D eigenvalue weighted by atomic mass is 9.90. The number of nitrogens with one attached hydrogen (secondary N) is 2. The first kappa shape index (κ1) is 26.5. The molecule has 1 aromatic rings. The van der Waals surface area contributed by atoms with Crippen molar-refractivity contribution in [2.75, 3.05) is 52.4 Å². The summed E-state index contributed by atoms with van der Waals surface area (Å²) < 4.78 is 5.48. The second kappa shape index (κ2) is 12.1. The summed E-state index contributed by atoms with van der Waals surface area (Å²) in [5.41, 5.74) is 4.10. The molecule has 0 aromatic heterocycles. The van der Waals surface area contributed by atoms with Gasteiger partial charge in [-0.05, 0) is 45.2 Å². The van der Waals surface area contributed by atoms with E-state index in [1.54, 1.807) is 11.8 Å². The van der Waals surface area contributed by atoms with Gasteiger partial charge in [-0.3, -0.25) is 9.80 Å². The smallest absolute Gasteiger partial charge is 0.338 e. The number of rotatable bonds is 8. The van der Waals surface area contributed by atoms with Crippen molar-refractivity contribution in [3.8, 4) is 0 Å². The molecule has 0 aliphatic carbocycles. The summed E-state index contributed by atoms with van der Waals surface area (Å²) in [5, 5.41) is 5.98. The van der Waals surface area contributed by atoms with Crippen LogP contribution in [0.4, 0.5) is 9.59 Å². The highest BCUT2D eigenvalue weighted by molar-refractivity contribution is 5.95. The lowest BCUT2D eigenvalue weighted by Crippen LogP contribution is -2.55. The maximum absolute atomic E-state index is 13.3. The molecule has 3 rings (SSSR count). The fraction of sp³-hybridized carbons (Fsp3) is 0.577. The fourth-order valence-electron chi connectivity index (χ4n) is 4.63. The van der Waals surface area contributed by atoms with Crippen molar-refractivity contribution >= 4 is 18.0 Å². The zero-order valence-electron chi connectivity index (χ0n) is 21.6. The minimum absolute atomic E-state index is 0.0415. The van der Waals surface area contributed by atoms with Crippen LogP contribution in [0.3, 0.4) is 0 Å². The summed E-state index contributed by atoms with van der Waals surface area (Å²) in [7, 11) is 0. The first-order valence-electron chi connectivity index (χ1n) is 12.6. The van der Waals surface area contributed by atoms with Gasteiger partial charge in [-0.15, -0.1) is 0 Å². The van der Waals surface area contributed by atoms with E-state index in [1.165, 1.54) is 0 Å². The van der Waals surface area contributed by atoms with Gasteiger partial charge >= 0.3 is 18.0 Å². The molecular weight excluding hydrogens is 446 g/mol. The van der Waals surface area contributed by atoms with Gasteiger partial charge in [0.1, 0.15) is 0 Å². The Hall–Kier alpha value is -3.07. The first-order chi connectivity index (χ1) is 16.8. The fourth-order valence-corrected chi connectivity index (χ4v) is 4.63. The van der Waals surface area contributed by atoms with Gasteiger partial charge in [-0.25, -0.2) is 14.4 Å². The number of amides is 4. The van der Waals surface area contributed by atoms with Crippen molar-refractivity contribution < 1.29 is 19.1 Å². The van der Waals surface area contributed by atoms with Crippen LogP contribution in [0.1, 0.15) is 49.9 Å². The number of nitrogens with zero attached hydrogens (tertiary/aromatic N) is 3. The van der Waals surface area contributed by atoms with E-state index >= 15 is 0 Å². The average molecular weight is 486 g/mol. The van der Waals surface area contributed by atoms with E-state index in [9.17, 15) is 14.4 Å². The van der Waals surface area contributed by atoms with Gasteiger partial charge in [0.2, 0.25) is 0 Å². The Balaban J connectivity index is 1.93. The molecule has 0 radical (unpaired) electrons. The predicted octanol–water partition coefficient (Wildman–Crippen LogP) is 2.94. The molecule has 2 N–H and O–H groups in total. The molecule has 2 aliphatic rings. The highest BCUT2D eigenvalue weighted by atomic mass is 16.5. The van der Waals surface area contributed by atoms with Crippen molar-refractivity contribution in [1.82, 2.24) is 25.3 Å². The molecule has 1 aromatic carbocycles. The lowest BCUT2D eigenvalue weighted by Gasteiger charge is -2.40. The van der Waals surface area contributed by atoms with Crippen LogP contribution in [0.2, 0.25) is 0 Å². The van der Waals surface area contributed by atoms with Crippen LogP contribution >= 0.6 is 0 Å². The normalized spacial score (nSPS) is 19.0. The van der Waals surface area contributed by atoms with E-state index in [0.29, 0.717) is 57.1 Å². The van der Waals surface area contributed by atoms with Gasteiger partial charge in [0.15, 0.2) is 0 Å². The van der Waals surface area contributed by atoms with Gasteiger partial charge in [0.05, 0.1) is 18.2 Å². The van der Waals surface area contributed by atoms with Gasteiger partial charge in [0.25, 0.3) is 0 Å². The molecule has 2 aliphatic heterocycles. The highest BCUT2D eigenvalue weighted by Gasteiger charge is 2.39. The number of hydrogen-bond donors (Lipinski definition) is 2. The average Bonchev–Trinajstić information content (AvgIpc) is 2.84. The molecule has 0 saturated carbocycles. The van der Waals surface area contributed by atoms with Crippen molar-refractivity contribution in [3.63, 3.8) is 0 Å². The van der Waals surface area contributed by atoms with Crippen LogP contribution in [-0.2, 0) is 9.53 Å². The minimum atomic E-state index is -0.583. The zero-order chi connectivity index (χ0) is 25.5. The predicted molar refractivity (Wildman–Crippen MR) is 135 cm³/mol. The third kappa shape index (κ3) is 6.14. The van der Waals surface area contributed by atoms with Crippen LogP contribution in [0, 0.1) is 13.8 Å². The summed E-state index contributed by atoms with van der Waals surface area (Å²) in [5.74, 6) is -0.413. The number of piperazine rings is 1. The van der Waals surface area contributed by atoms with Gasteiger partial charge in [-0.2, -0.15) is 0 Å². The van der Waals surface area contributed by atoms with E-state index in [4.69, 9.17) is 4.74 Å². The number of carbonyl (C=O) groups is 3. The number of urea groups is 2. The van der Waals surface area contributed by atoms with Gasteiger partial charge in [0, 0.05) is 51.5 Å². The largest absolute Gasteiger partial charge is 0.463 e. The number of esters is 1. The highest BCUT2D eigenvalue weighted by Crippen LogP contribution is 2.34. The molecule has 1 atom stereocenters. The summed E-state index contributed by atoms with van der Waals surface area (Å²) in [6.45, 7) is 14.0. The molecule has 1 saturated heterocycles. The summed E-state index contributed by atoms with van der Waals surface area (Å²) in [6, 6.07) is 5.20. The molecule has 1 fully saturated rings. The van der Waals surface area contributed by atoms with Crippen LogP contribution in [0.25, 0.3) is 0 Å². The number of benzene rings is 1. The maximum atomic E-state index is 13.3. The Bertz CT molecular complexity index is 968. The number of ether oxygens (including phenoxy) is 1. The van der Waals surface area contributed by atoms with Crippen molar-refractivity contribution in [2.45, 2.75) is 47.1 Å².